The molecule has 0 bridgehead atoms. The van der Waals surface area contributed by atoms with E-state index < -0.39 is 0 Å². The zero-order valence-electron chi connectivity index (χ0n) is 11.3. The molecule has 0 fully saturated rings. The van der Waals surface area contributed by atoms with Crippen LogP contribution in [0.15, 0.2) is 48.5 Å². The highest BCUT2D eigenvalue weighted by Gasteiger charge is 2.25. The molecule has 2 unspecified atom stereocenters. The summed E-state index contributed by atoms with van der Waals surface area (Å²) in [6, 6.07) is 14.8. The second-order valence-corrected chi connectivity index (χ2v) is 5.28. The van der Waals surface area contributed by atoms with Gasteiger partial charge in [-0.15, -0.1) is 0 Å². The van der Waals surface area contributed by atoms with E-state index in [0.717, 1.165) is 24.2 Å². The monoisotopic (exact) mass is 271 g/mol. The average Bonchev–Trinajstić information content (AvgIpc) is 2.87. The van der Waals surface area contributed by atoms with Crippen LogP contribution in [0.25, 0.3) is 0 Å². The van der Waals surface area contributed by atoms with Crippen molar-refractivity contribution in [1.29, 1.82) is 0 Å². The largest absolute Gasteiger partial charge is 0.490 e. The lowest BCUT2D eigenvalue weighted by molar-refractivity contribution is 0.210. The van der Waals surface area contributed by atoms with Gasteiger partial charge in [-0.3, -0.25) is 0 Å². The molecule has 2 N–H and O–H groups in total. The lowest BCUT2D eigenvalue weighted by Gasteiger charge is -2.19. The van der Waals surface area contributed by atoms with Gasteiger partial charge in [-0.25, -0.2) is 4.39 Å². The van der Waals surface area contributed by atoms with Crippen LogP contribution in [0.2, 0.25) is 0 Å². The Kier molecular flexibility index (Phi) is 3.70. The Morgan fingerprint density at radius 2 is 2.05 bits per heavy atom. The predicted octanol–water partition coefficient (Wildman–Crippen LogP) is 3.26. The van der Waals surface area contributed by atoms with Crippen molar-refractivity contribution in [3.63, 3.8) is 0 Å². The van der Waals surface area contributed by atoms with Gasteiger partial charge in [0, 0.05) is 6.42 Å². The fourth-order valence-electron chi connectivity index (χ4n) is 2.83. The van der Waals surface area contributed by atoms with Gasteiger partial charge in [0.2, 0.25) is 0 Å². The van der Waals surface area contributed by atoms with E-state index >= 15 is 0 Å². The third-order valence-corrected chi connectivity index (χ3v) is 3.87. The Morgan fingerprint density at radius 3 is 2.80 bits per heavy atom. The molecule has 3 heteroatoms. The van der Waals surface area contributed by atoms with Crippen molar-refractivity contribution in [2.45, 2.75) is 24.9 Å². The standard InChI is InChI=1S/C17H18FNO/c18-15-6-3-5-12(8-15)14(11-19)10-16-9-13-4-1-2-7-17(13)20-16/h1-8,14,16H,9-11,19H2. The molecule has 0 aliphatic carbocycles. The first kappa shape index (κ1) is 13.1. The minimum absolute atomic E-state index is 0.129. The number of benzene rings is 2. The van der Waals surface area contributed by atoms with Crippen molar-refractivity contribution in [1.82, 2.24) is 0 Å². The minimum atomic E-state index is -0.212. The number of hydrogen-bond acceptors (Lipinski definition) is 2. The molecule has 0 aromatic heterocycles. The van der Waals surface area contributed by atoms with Gasteiger partial charge in [-0.2, -0.15) is 0 Å². The summed E-state index contributed by atoms with van der Waals surface area (Å²) in [5, 5.41) is 0. The van der Waals surface area contributed by atoms with Crippen LogP contribution in [0.3, 0.4) is 0 Å². The fraction of sp³-hybridized carbons (Fsp3) is 0.294. The van der Waals surface area contributed by atoms with E-state index in [9.17, 15) is 4.39 Å². The number of hydrogen-bond donors (Lipinski definition) is 1. The maximum absolute atomic E-state index is 13.3. The molecule has 0 saturated heterocycles. The van der Waals surface area contributed by atoms with Gasteiger partial charge in [0.05, 0.1) is 0 Å². The first-order valence-corrected chi connectivity index (χ1v) is 6.96. The topological polar surface area (TPSA) is 35.2 Å². The Bertz CT molecular complexity index is 574. The second-order valence-electron chi connectivity index (χ2n) is 5.28. The lowest BCUT2D eigenvalue weighted by Crippen LogP contribution is -2.22. The van der Waals surface area contributed by atoms with Crippen molar-refractivity contribution in [2.75, 3.05) is 6.54 Å². The van der Waals surface area contributed by atoms with Crippen molar-refractivity contribution in [3.05, 3.63) is 65.5 Å². The van der Waals surface area contributed by atoms with Gasteiger partial charge in [0.1, 0.15) is 17.7 Å². The summed E-state index contributed by atoms with van der Waals surface area (Å²) in [4.78, 5) is 0. The molecule has 2 aromatic carbocycles. The Hall–Kier alpha value is -1.87. The summed E-state index contributed by atoms with van der Waals surface area (Å²) in [7, 11) is 0. The van der Waals surface area contributed by atoms with Crippen LogP contribution in [-0.4, -0.2) is 12.6 Å². The van der Waals surface area contributed by atoms with E-state index in [1.807, 2.05) is 24.3 Å². The fourth-order valence-corrected chi connectivity index (χ4v) is 2.83. The summed E-state index contributed by atoms with van der Waals surface area (Å²) in [5.74, 6) is 0.883. The molecule has 0 spiro atoms. The molecule has 0 saturated carbocycles. The van der Waals surface area contributed by atoms with Gasteiger partial charge in [-0.05, 0) is 48.2 Å². The molecule has 2 aromatic rings. The van der Waals surface area contributed by atoms with Crippen molar-refractivity contribution in [2.24, 2.45) is 5.73 Å². The van der Waals surface area contributed by atoms with Gasteiger partial charge in [0.15, 0.2) is 0 Å². The van der Waals surface area contributed by atoms with E-state index in [2.05, 4.69) is 6.07 Å². The zero-order chi connectivity index (χ0) is 13.9. The molecule has 2 atom stereocenters. The summed E-state index contributed by atoms with van der Waals surface area (Å²) in [5.41, 5.74) is 8.05. The Labute approximate surface area is 118 Å². The SMILES string of the molecule is NCC(CC1Cc2ccccc2O1)c1cccc(F)c1. The van der Waals surface area contributed by atoms with Crippen LogP contribution in [-0.2, 0) is 6.42 Å². The van der Waals surface area contributed by atoms with E-state index in [1.165, 1.54) is 11.6 Å². The van der Waals surface area contributed by atoms with Crippen LogP contribution < -0.4 is 10.5 Å². The maximum Gasteiger partial charge on any atom is 0.123 e. The Morgan fingerprint density at radius 1 is 1.20 bits per heavy atom. The highest BCUT2D eigenvalue weighted by atomic mass is 19.1. The van der Waals surface area contributed by atoms with Crippen LogP contribution in [0.4, 0.5) is 4.39 Å². The third-order valence-electron chi connectivity index (χ3n) is 3.87. The van der Waals surface area contributed by atoms with E-state index in [1.54, 1.807) is 12.1 Å². The average molecular weight is 271 g/mol. The van der Waals surface area contributed by atoms with Crippen LogP contribution >= 0.6 is 0 Å². The predicted molar refractivity (Wildman–Crippen MR) is 77.4 cm³/mol. The number of ether oxygens (including phenoxy) is 1. The number of fused-ring (bicyclic) bond motifs is 1. The molecule has 0 amide bonds. The van der Waals surface area contributed by atoms with E-state index in [0.29, 0.717) is 6.54 Å². The number of para-hydroxylation sites is 1. The molecule has 1 aliphatic rings. The quantitative estimate of drug-likeness (QED) is 0.926. The third kappa shape index (κ3) is 2.68. The summed E-state index contributed by atoms with van der Waals surface area (Å²) in [6.45, 7) is 0.500. The Balaban J connectivity index is 1.71. The molecule has 0 radical (unpaired) electrons. The molecule has 20 heavy (non-hydrogen) atoms. The summed E-state index contributed by atoms with van der Waals surface area (Å²) in [6.07, 6.45) is 1.85. The van der Waals surface area contributed by atoms with Crippen molar-refractivity contribution >= 4 is 0 Å². The summed E-state index contributed by atoms with van der Waals surface area (Å²) >= 11 is 0. The number of nitrogens with two attached hydrogens (primary N) is 1. The van der Waals surface area contributed by atoms with Gasteiger partial charge in [0.25, 0.3) is 0 Å². The number of rotatable bonds is 4. The zero-order valence-corrected chi connectivity index (χ0v) is 11.3. The first-order valence-electron chi connectivity index (χ1n) is 6.96. The maximum atomic E-state index is 13.3. The van der Waals surface area contributed by atoms with Gasteiger partial charge >= 0.3 is 0 Å². The molecule has 1 heterocycles. The van der Waals surface area contributed by atoms with Gasteiger partial charge < -0.3 is 10.5 Å². The van der Waals surface area contributed by atoms with Crippen LogP contribution in [0.5, 0.6) is 5.75 Å². The highest BCUT2D eigenvalue weighted by Crippen LogP contribution is 2.33. The van der Waals surface area contributed by atoms with E-state index in [4.69, 9.17) is 10.5 Å². The molecule has 3 rings (SSSR count). The second kappa shape index (κ2) is 5.63. The lowest BCUT2D eigenvalue weighted by atomic mass is 9.91. The summed E-state index contributed by atoms with van der Waals surface area (Å²) < 4.78 is 19.3. The smallest absolute Gasteiger partial charge is 0.123 e. The highest BCUT2D eigenvalue weighted by molar-refractivity contribution is 5.37. The van der Waals surface area contributed by atoms with Crippen molar-refractivity contribution in [3.8, 4) is 5.75 Å². The van der Waals surface area contributed by atoms with Crippen LogP contribution in [0, 0.1) is 5.82 Å². The normalized spacial score (nSPS) is 18.4. The first-order chi connectivity index (χ1) is 9.76. The number of halogens is 1. The molecule has 1 aliphatic heterocycles. The minimum Gasteiger partial charge on any atom is -0.490 e. The van der Waals surface area contributed by atoms with Gasteiger partial charge in [-0.1, -0.05) is 30.3 Å². The van der Waals surface area contributed by atoms with E-state index in [-0.39, 0.29) is 17.8 Å². The molecular weight excluding hydrogens is 253 g/mol. The molecular formula is C17H18FNO. The molecule has 104 valence electrons. The van der Waals surface area contributed by atoms with Crippen molar-refractivity contribution < 1.29 is 9.13 Å². The van der Waals surface area contributed by atoms with Crippen LogP contribution in [0.1, 0.15) is 23.5 Å². The molecule has 2 nitrogen and oxygen atoms in total.